The largest absolute Gasteiger partial charge is 0.477 e. The minimum Gasteiger partial charge on any atom is -0.477 e. The topological polar surface area (TPSA) is 50.4 Å². The molecule has 1 aliphatic rings. The summed E-state index contributed by atoms with van der Waals surface area (Å²) >= 11 is 0. The molecule has 0 spiro atoms. The standard InChI is InChI=1S/C11H13NO3/c1-12-6-2-4-8(11(13)14)10(12)9-5-3-7-15-9/h2,4,6,9H,3,5,7H2,1H3/p+1. The van der Waals surface area contributed by atoms with Gasteiger partial charge in [0.05, 0.1) is 0 Å². The number of pyridine rings is 1. The van der Waals surface area contributed by atoms with Crippen LogP contribution in [0.5, 0.6) is 0 Å². The molecule has 1 aliphatic heterocycles. The Balaban J connectivity index is 2.46. The fourth-order valence-corrected chi connectivity index (χ4v) is 2.00. The first kappa shape index (κ1) is 10.1. The van der Waals surface area contributed by atoms with Crippen LogP contribution >= 0.6 is 0 Å². The van der Waals surface area contributed by atoms with Gasteiger partial charge in [-0.05, 0) is 18.9 Å². The predicted molar refractivity (Wildman–Crippen MR) is 52.5 cm³/mol. The van der Waals surface area contributed by atoms with Gasteiger partial charge in [0.25, 0.3) is 0 Å². The number of carboxylic acids is 1. The molecule has 0 aromatic carbocycles. The van der Waals surface area contributed by atoms with Crippen molar-refractivity contribution in [3.63, 3.8) is 0 Å². The van der Waals surface area contributed by atoms with Gasteiger partial charge in [0, 0.05) is 12.7 Å². The van der Waals surface area contributed by atoms with Crippen LogP contribution in [0, 0.1) is 0 Å². The van der Waals surface area contributed by atoms with Crippen molar-refractivity contribution in [1.29, 1.82) is 0 Å². The molecule has 1 fully saturated rings. The number of ether oxygens (including phenoxy) is 1. The maximum atomic E-state index is 11.1. The van der Waals surface area contributed by atoms with Crippen molar-refractivity contribution >= 4 is 5.97 Å². The third kappa shape index (κ3) is 1.85. The van der Waals surface area contributed by atoms with E-state index in [0.29, 0.717) is 5.56 Å². The number of hydrogen-bond acceptors (Lipinski definition) is 2. The number of carbonyl (C=O) groups is 1. The monoisotopic (exact) mass is 208 g/mol. The maximum Gasteiger partial charge on any atom is 0.342 e. The molecule has 4 heteroatoms. The van der Waals surface area contributed by atoms with E-state index in [-0.39, 0.29) is 6.10 Å². The van der Waals surface area contributed by atoms with Crippen LogP contribution in [0.15, 0.2) is 18.3 Å². The molecule has 2 heterocycles. The summed E-state index contributed by atoms with van der Waals surface area (Å²) in [6.45, 7) is 0.721. The van der Waals surface area contributed by atoms with Crippen molar-refractivity contribution in [3.8, 4) is 0 Å². The normalized spacial score (nSPS) is 20.5. The number of hydrogen-bond donors (Lipinski definition) is 1. The number of aromatic nitrogens is 1. The number of aryl methyl sites for hydroxylation is 1. The van der Waals surface area contributed by atoms with E-state index in [2.05, 4.69) is 0 Å². The summed E-state index contributed by atoms with van der Waals surface area (Å²) in [4.78, 5) is 11.1. The van der Waals surface area contributed by atoms with Gasteiger partial charge in [-0.2, -0.15) is 0 Å². The van der Waals surface area contributed by atoms with Crippen LogP contribution in [0.4, 0.5) is 0 Å². The summed E-state index contributed by atoms with van der Waals surface area (Å²) < 4.78 is 7.36. The summed E-state index contributed by atoms with van der Waals surface area (Å²) in [6, 6.07) is 3.36. The Labute approximate surface area is 88.1 Å². The fourth-order valence-electron chi connectivity index (χ4n) is 2.00. The third-order valence-electron chi connectivity index (χ3n) is 2.69. The highest BCUT2D eigenvalue weighted by molar-refractivity contribution is 5.88. The van der Waals surface area contributed by atoms with Crippen molar-refractivity contribution in [2.45, 2.75) is 18.9 Å². The molecule has 0 saturated carbocycles. The second-order valence-corrected chi connectivity index (χ2v) is 3.72. The first-order chi connectivity index (χ1) is 7.20. The van der Waals surface area contributed by atoms with E-state index in [1.165, 1.54) is 0 Å². The van der Waals surface area contributed by atoms with Crippen LogP contribution in [0.25, 0.3) is 0 Å². The molecule has 1 N–H and O–H groups in total. The second-order valence-electron chi connectivity index (χ2n) is 3.72. The second kappa shape index (κ2) is 3.98. The van der Waals surface area contributed by atoms with Gasteiger partial charge in [-0.1, -0.05) is 0 Å². The van der Waals surface area contributed by atoms with Crippen molar-refractivity contribution in [1.82, 2.24) is 0 Å². The Kier molecular flexibility index (Phi) is 2.68. The Morgan fingerprint density at radius 1 is 1.67 bits per heavy atom. The Morgan fingerprint density at radius 2 is 2.47 bits per heavy atom. The van der Waals surface area contributed by atoms with Crippen LogP contribution in [0.3, 0.4) is 0 Å². The van der Waals surface area contributed by atoms with Crippen molar-refractivity contribution in [3.05, 3.63) is 29.6 Å². The maximum absolute atomic E-state index is 11.1. The zero-order valence-electron chi connectivity index (χ0n) is 8.64. The van der Waals surface area contributed by atoms with Gasteiger partial charge >= 0.3 is 5.97 Å². The summed E-state index contributed by atoms with van der Waals surface area (Å²) in [5, 5.41) is 9.08. The summed E-state index contributed by atoms with van der Waals surface area (Å²) in [5.41, 5.74) is 1.11. The first-order valence-corrected chi connectivity index (χ1v) is 5.03. The van der Waals surface area contributed by atoms with Crippen LogP contribution in [0.2, 0.25) is 0 Å². The lowest BCUT2D eigenvalue weighted by Gasteiger charge is -2.09. The van der Waals surface area contributed by atoms with Crippen LogP contribution in [-0.4, -0.2) is 17.7 Å². The van der Waals surface area contributed by atoms with Crippen LogP contribution in [0.1, 0.15) is 35.0 Å². The van der Waals surface area contributed by atoms with Gasteiger partial charge in [0.1, 0.15) is 18.7 Å². The molecule has 1 aromatic rings. The number of aromatic carboxylic acids is 1. The third-order valence-corrected chi connectivity index (χ3v) is 2.69. The van der Waals surface area contributed by atoms with Crippen molar-refractivity contribution in [2.75, 3.05) is 6.61 Å². The van der Waals surface area contributed by atoms with E-state index in [1.807, 2.05) is 17.8 Å². The molecule has 0 aliphatic carbocycles. The Morgan fingerprint density at radius 3 is 3.07 bits per heavy atom. The molecule has 1 saturated heterocycles. The molecule has 1 atom stereocenters. The Hall–Kier alpha value is -1.42. The van der Waals surface area contributed by atoms with Crippen LogP contribution in [-0.2, 0) is 11.8 Å². The molecule has 4 nitrogen and oxygen atoms in total. The van der Waals surface area contributed by atoms with E-state index in [0.717, 1.165) is 25.1 Å². The smallest absolute Gasteiger partial charge is 0.342 e. The van der Waals surface area contributed by atoms with E-state index in [1.54, 1.807) is 12.1 Å². The highest BCUT2D eigenvalue weighted by atomic mass is 16.5. The molecule has 0 amide bonds. The number of nitrogens with zero attached hydrogens (tertiary/aromatic N) is 1. The molecule has 0 radical (unpaired) electrons. The van der Waals surface area contributed by atoms with Crippen molar-refractivity contribution < 1.29 is 19.2 Å². The van der Waals surface area contributed by atoms with Crippen LogP contribution < -0.4 is 4.57 Å². The van der Waals surface area contributed by atoms with E-state index >= 15 is 0 Å². The van der Waals surface area contributed by atoms with E-state index in [4.69, 9.17) is 9.84 Å². The zero-order chi connectivity index (χ0) is 10.8. The molecular formula is C11H14NO3+. The molecule has 1 unspecified atom stereocenters. The minimum absolute atomic E-state index is 0.0673. The minimum atomic E-state index is -0.892. The first-order valence-electron chi connectivity index (χ1n) is 5.03. The molecule has 0 bridgehead atoms. The lowest BCUT2D eigenvalue weighted by Crippen LogP contribution is -2.37. The molecule has 80 valence electrons. The number of carboxylic acid groups (broad SMARTS) is 1. The van der Waals surface area contributed by atoms with E-state index in [9.17, 15) is 4.79 Å². The van der Waals surface area contributed by atoms with E-state index < -0.39 is 5.97 Å². The average Bonchev–Trinajstić information content (AvgIpc) is 2.70. The molecular weight excluding hydrogens is 194 g/mol. The molecule has 1 aromatic heterocycles. The lowest BCUT2D eigenvalue weighted by atomic mass is 10.1. The zero-order valence-corrected chi connectivity index (χ0v) is 8.64. The highest BCUT2D eigenvalue weighted by Gasteiger charge is 2.30. The van der Waals surface area contributed by atoms with Gasteiger partial charge in [0.15, 0.2) is 6.20 Å². The van der Waals surface area contributed by atoms with Gasteiger partial charge in [-0.25, -0.2) is 9.36 Å². The molecule has 15 heavy (non-hydrogen) atoms. The Bertz CT molecular complexity index is 383. The van der Waals surface area contributed by atoms with Gasteiger partial charge < -0.3 is 9.84 Å². The van der Waals surface area contributed by atoms with Gasteiger partial charge in [-0.15, -0.1) is 0 Å². The fraction of sp³-hybridized carbons (Fsp3) is 0.455. The predicted octanol–water partition coefficient (Wildman–Crippen LogP) is 1.06. The summed E-state index contributed by atoms with van der Waals surface area (Å²) in [6.07, 6.45) is 3.68. The quantitative estimate of drug-likeness (QED) is 0.739. The van der Waals surface area contributed by atoms with Gasteiger partial charge in [0.2, 0.25) is 5.69 Å². The molecule has 2 rings (SSSR count). The van der Waals surface area contributed by atoms with Crippen molar-refractivity contribution in [2.24, 2.45) is 7.05 Å². The summed E-state index contributed by atoms with van der Waals surface area (Å²) in [7, 11) is 1.85. The van der Waals surface area contributed by atoms with Gasteiger partial charge in [-0.3, -0.25) is 0 Å². The highest BCUT2D eigenvalue weighted by Crippen LogP contribution is 2.28. The SMILES string of the molecule is C[n+]1cccc(C(=O)O)c1C1CCCO1. The summed E-state index contributed by atoms with van der Waals surface area (Å²) in [5.74, 6) is -0.892. The average molecular weight is 208 g/mol. The number of rotatable bonds is 2. The lowest BCUT2D eigenvalue weighted by molar-refractivity contribution is -0.683.